The fourth-order valence-electron chi connectivity index (χ4n) is 1.73. The van der Waals surface area contributed by atoms with Crippen molar-refractivity contribution in [2.24, 2.45) is 0 Å². The van der Waals surface area contributed by atoms with Crippen molar-refractivity contribution in [3.63, 3.8) is 0 Å². The second-order valence-electron chi connectivity index (χ2n) is 4.21. The molecule has 0 aliphatic rings. The monoisotopic (exact) mass is 275 g/mol. The molecule has 5 heteroatoms. The van der Waals surface area contributed by atoms with Gasteiger partial charge in [0.25, 0.3) is 5.91 Å². The zero-order chi connectivity index (χ0) is 13.7. The summed E-state index contributed by atoms with van der Waals surface area (Å²) < 4.78 is 0. The summed E-state index contributed by atoms with van der Waals surface area (Å²) >= 11 is 1.61. The van der Waals surface area contributed by atoms with Gasteiger partial charge in [0.15, 0.2) is 0 Å². The number of nitrogens with one attached hydrogen (secondary N) is 2. The van der Waals surface area contributed by atoms with E-state index in [0.717, 1.165) is 17.8 Å². The Morgan fingerprint density at radius 3 is 2.95 bits per heavy atom. The molecular formula is C14H17N3OS. The second-order valence-corrected chi connectivity index (χ2v) is 5.18. The Morgan fingerprint density at radius 2 is 2.26 bits per heavy atom. The molecule has 0 fully saturated rings. The summed E-state index contributed by atoms with van der Waals surface area (Å²) in [7, 11) is 0. The van der Waals surface area contributed by atoms with Crippen molar-refractivity contribution in [3.8, 4) is 0 Å². The molecule has 0 bridgehead atoms. The van der Waals surface area contributed by atoms with E-state index in [9.17, 15) is 4.79 Å². The molecular weight excluding hydrogens is 258 g/mol. The molecule has 0 saturated heterocycles. The van der Waals surface area contributed by atoms with Gasteiger partial charge in [0.2, 0.25) is 0 Å². The molecule has 1 heterocycles. The van der Waals surface area contributed by atoms with E-state index < -0.39 is 0 Å². The van der Waals surface area contributed by atoms with Gasteiger partial charge in [0, 0.05) is 28.9 Å². The number of thiazole rings is 1. The van der Waals surface area contributed by atoms with Crippen LogP contribution in [0.3, 0.4) is 0 Å². The van der Waals surface area contributed by atoms with Crippen LogP contribution in [-0.4, -0.2) is 17.4 Å². The largest absolute Gasteiger partial charge is 0.380 e. The van der Waals surface area contributed by atoms with Crippen molar-refractivity contribution in [2.45, 2.75) is 20.4 Å². The van der Waals surface area contributed by atoms with Crippen LogP contribution < -0.4 is 10.6 Å². The maximum Gasteiger partial charge on any atom is 0.251 e. The molecule has 1 aromatic carbocycles. The topological polar surface area (TPSA) is 54.0 Å². The van der Waals surface area contributed by atoms with Crippen LogP contribution in [0.4, 0.5) is 5.69 Å². The molecule has 0 aliphatic carbocycles. The highest BCUT2D eigenvalue weighted by Crippen LogP contribution is 2.18. The van der Waals surface area contributed by atoms with Crippen LogP contribution in [0, 0.1) is 6.92 Å². The zero-order valence-electron chi connectivity index (χ0n) is 11.1. The first-order valence-corrected chi connectivity index (χ1v) is 7.08. The van der Waals surface area contributed by atoms with Crippen LogP contribution in [0.5, 0.6) is 0 Å². The van der Waals surface area contributed by atoms with Crippen LogP contribution in [0.2, 0.25) is 0 Å². The van der Waals surface area contributed by atoms with E-state index in [0.29, 0.717) is 12.1 Å². The molecule has 1 amide bonds. The third-order valence-electron chi connectivity index (χ3n) is 2.77. The lowest BCUT2D eigenvalue weighted by atomic mass is 10.1. The second kappa shape index (κ2) is 6.33. The highest BCUT2D eigenvalue weighted by molar-refractivity contribution is 7.09. The van der Waals surface area contributed by atoms with Crippen LogP contribution in [-0.2, 0) is 6.54 Å². The first kappa shape index (κ1) is 13.5. The molecule has 4 nitrogen and oxygen atoms in total. The van der Waals surface area contributed by atoms with E-state index in [1.807, 2.05) is 43.8 Å². The van der Waals surface area contributed by atoms with Crippen LogP contribution in [0.1, 0.15) is 27.7 Å². The van der Waals surface area contributed by atoms with Gasteiger partial charge in [-0.3, -0.25) is 9.78 Å². The van der Waals surface area contributed by atoms with Gasteiger partial charge in [0.05, 0.1) is 12.1 Å². The molecule has 0 radical (unpaired) electrons. The number of aromatic nitrogens is 1. The molecule has 0 spiro atoms. The maximum absolute atomic E-state index is 11.8. The molecule has 2 rings (SSSR count). The SMILES string of the molecule is CCNC(=O)c1ccc(C)c(NCc2cncs2)c1. The standard InChI is InChI=1S/C14H17N3OS/c1-3-16-14(18)11-5-4-10(2)13(6-11)17-8-12-7-15-9-19-12/h4-7,9,17H,3,8H2,1-2H3,(H,16,18). The summed E-state index contributed by atoms with van der Waals surface area (Å²) in [6.45, 7) is 5.30. The van der Waals surface area contributed by atoms with Gasteiger partial charge in [-0.15, -0.1) is 11.3 Å². The number of hydrogen-bond acceptors (Lipinski definition) is 4. The molecule has 0 aliphatic heterocycles. The molecule has 0 saturated carbocycles. The molecule has 100 valence electrons. The maximum atomic E-state index is 11.8. The van der Waals surface area contributed by atoms with E-state index in [-0.39, 0.29) is 5.91 Å². The van der Waals surface area contributed by atoms with Gasteiger partial charge in [-0.05, 0) is 31.5 Å². The number of benzene rings is 1. The highest BCUT2D eigenvalue weighted by Gasteiger charge is 2.07. The molecule has 0 atom stereocenters. The first-order chi connectivity index (χ1) is 9.20. The summed E-state index contributed by atoms with van der Waals surface area (Å²) in [5.41, 5.74) is 4.60. The van der Waals surface area contributed by atoms with Crippen molar-refractivity contribution in [3.05, 3.63) is 45.9 Å². The summed E-state index contributed by atoms with van der Waals surface area (Å²) in [5.74, 6) is -0.0386. The lowest BCUT2D eigenvalue weighted by molar-refractivity contribution is 0.0956. The summed E-state index contributed by atoms with van der Waals surface area (Å²) in [5, 5.41) is 6.15. The fourth-order valence-corrected chi connectivity index (χ4v) is 2.26. The van der Waals surface area contributed by atoms with Crippen LogP contribution in [0.25, 0.3) is 0 Å². The zero-order valence-corrected chi connectivity index (χ0v) is 11.9. The summed E-state index contributed by atoms with van der Waals surface area (Å²) in [6, 6.07) is 5.69. The molecule has 19 heavy (non-hydrogen) atoms. The van der Waals surface area contributed by atoms with Gasteiger partial charge >= 0.3 is 0 Å². The van der Waals surface area contributed by atoms with Gasteiger partial charge in [0.1, 0.15) is 0 Å². The Hall–Kier alpha value is -1.88. The Labute approximate surface area is 116 Å². The van der Waals surface area contributed by atoms with Gasteiger partial charge in [-0.25, -0.2) is 0 Å². The van der Waals surface area contributed by atoms with E-state index in [1.54, 1.807) is 11.3 Å². The van der Waals surface area contributed by atoms with Crippen molar-refractivity contribution in [1.82, 2.24) is 10.3 Å². The van der Waals surface area contributed by atoms with Gasteiger partial charge in [-0.2, -0.15) is 0 Å². The minimum absolute atomic E-state index is 0.0386. The molecule has 0 unspecified atom stereocenters. The summed E-state index contributed by atoms with van der Waals surface area (Å²) in [4.78, 5) is 17.0. The van der Waals surface area contributed by atoms with E-state index in [1.165, 1.54) is 4.88 Å². The average Bonchev–Trinajstić information content (AvgIpc) is 2.91. The van der Waals surface area contributed by atoms with Crippen LogP contribution >= 0.6 is 11.3 Å². The van der Waals surface area contributed by atoms with Gasteiger partial charge < -0.3 is 10.6 Å². The van der Waals surface area contributed by atoms with Gasteiger partial charge in [-0.1, -0.05) is 6.07 Å². The number of anilines is 1. The van der Waals surface area contributed by atoms with Crippen molar-refractivity contribution in [2.75, 3.05) is 11.9 Å². The number of carbonyl (C=O) groups excluding carboxylic acids is 1. The normalized spacial score (nSPS) is 10.2. The predicted octanol–water partition coefficient (Wildman–Crippen LogP) is 2.81. The van der Waals surface area contributed by atoms with Crippen molar-refractivity contribution >= 4 is 22.9 Å². The number of carbonyl (C=O) groups is 1. The highest BCUT2D eigenvalue weighted by atomic mass is 32.1. The molecule has 1 aromatic heterocycles. The fraction of sp³-hybridized carbons (Fsp3) is 0.286. The van der Waals surface area contributed by atoms with E-state index in [2.05, 4.69) is 15.6 Å². The third kappa shape index (κ3) is 3.54. The lowest BCUT2D eigenvalue weighted by Gasteiger charge is -2.10. The third-order valence-corrected chi connectivity index (χ3v) is 3.55. The Bertz CT molecular complexity index is 552. The number of aryl methyl sites for hydroxylation is 1. The minimum atomic E-state index is -0.0386. The Kier molecular flexibility index (Phi) is 4.52. The number of rotatable bonds is 5. The van der Waals surface area contributed by atoms with Crippen molar-refractivity contribution < 1.29 is 4.79 Å². The predicted molar refractivity (Wildman–Crippen MR) is 78.6 cm³/mol. The number of nitrogens with zero attached hydrogens (tertiary/aromatic N) is 1. The number of amides is 1. The van der Waals surface area contributed by atoms with Crippen LogP contribution in [0.15, 0.2) is 29.9 Å². The minimum Gasteiger partial charge on any atom is -0.380 e. The lowest BCUT2D eigenvalue weighted by Crippen LogP contribution is -2.22. The number of hydrogen-bond donors (Lipinski definition) is 2. The average molecular weight is 275 g/mol. The Balaban J connectivity index is 2.10. The quantitative estimate of drug-likeness (QED) is 0.882. The molecule has 2 aromatic rings. The Morgan fingerprint density at radius 1 is 1.42 bits per heavy atom. The van der Waals surface area contributed by atoms with E-state index in [4.69, 9.17) is 0 Å². The van der Waals surface area contributed by atoms with E-state index >= 15 is 0 Å². The molecule has 2 N–H and O–H groups in total. The smallest absolute Gasteiger partial charge is 0.251 e. The summed E-state index contributed by atoms with van der Waals surface area (Å²) in [6.07, 6.45) is 1.85. The first-order valence-electron chi connectivity index (χ1n) is 6.20. The van der Waals surface area contributed by atoms with Crippen molar-refractivity contribution in [1.29, 1.82) is 0 Å².